The van der Waals surface area contributed by atoms with Crippen molar-refractivity contribution in [3.8, 4) is 0 Å². The zero-order valence-corrected chi connectivity index (χ0v) is 11.4. The van der Waals surface area contributed by atoms with E-state index in [9.17, 15) is 20.0 Å². The minimum Gasteiger partial charge on any atom is -0.465 e. The van der Waals surface area contributed by atoms with Crippen molar-refractivity contribution < 1.29 is 19.6 Å². The van der Waals surface area contributed by atoms with Crippen molar-refractivity contribution in [3.05, 3.63) is 22.5 Å². The number of hydrogen-bond acceptors (Lipinski definition) is 7. The highest BCUT2D eigenvalue weighted by Gasteiger charge is 2.16. The summed E-state index contributed by atoms with van der Waals surface area (Å²) >= 11 is 0. The largest absolute Gasteiger partial charge is 0.465 e. The Balaban J connectivity index is 2.37. The molecule has 1 rings (SSSR count). The first-order valence-corrected chi connectivity index (χ1v) is 6.19. The zero-order valence-electron chi connectivity index (χ0n) is 11.4. The molecule has 1 aromatic heterocycles. The van der Waals surface area contributed by atoms with Crippen molar-refractivity contribution in [2.75, 3.05) is 13.2 Å². The number of aliphatic hydroxyl groups excluding tert-OH is 1. The SMILES string of the molecule is CCOC(=O)C(C)NCC(O)Cn1cc([N+](=O)[O-])cn1. The van der Waals surface area contributed by atoms with Crippen molar-refractivity contribution in [1.29, 1.82) is 0 Å². The van der Waals surface area contributed by atoms with Crippen LogP contribution in [-0.4, -0.2) is 51.1 Å². The van der Waals surface area contributed by atoms with E-state index in [2.05, 4.69) is 10.4 Å². The Morgan fingerprint density at radius 2 is 2.40 bits per heavy atom. The van der Waals surface area contributed by atoms with E-state index in [0.717, 1.165) is 6.20 Å². The highest BCUT2D eigenvalue weighted by molar-refractivity contribution is 5.75. The van der Waals surface area contributed by atoms with Gasteiger partial charge in [0.1, 0.15) is 18.4 Å². The number of carbonyl (C=O) groups is 1. The van der Waals surface area contributed by atoms with Gasteiger partial charge in [-0.3, -0.25) is 19.6 Å². The van der Waals surface area contributed by atoms with E-state index in [-0.39, 0.29) is 18.8 Å². The van der Waals surface area contributed by atoms with Crippen LogP contribution in [0.1, 0.15) is 13.8 Å². The van der Waals surface area contributed by atoms with Gasteiger partial charge in [-0.25, -0.2) is 0 Å². The van der Waals surface area contributed by atoms with Crippen LogP contribution in [0.4, 0.5) is 5.69 Å². The molecule has 9 heteroatoms. The number of nitrogens with one attached hydrogen (secondary N) is 1. The van der Waals surface area contributed by atoms with Crippen LogP contribution in [0.5, 0.6) is 0 Å². The predicted molar refractivity (Wildman–Crippen MR) is 69.0 cm³/mol. The monoisotopic (exact) mass is 286 g/mol. The average Bonchev–Trinajstić information content (AvgIpc) is 2.84. The summed E-state index contributed by atoms with van der Waals surface area (Å²) in [5, 5.41) is 26.8. The zero-order chi connectivity index (χ0) is 15.1. The van der Waals surface area contributed by atoms with Crippen LogP contribution in [0.15, 0.2) is 12.4 Å². The van der Waals surface area contributed by atoms with Gasteiger partial charge in [-0.2, -0.15) is 5.10 Å². The number of nitro groups is 1. The lowest BCUT2D eigenvalue weighted by Crippen LogP contribution is -2.41. The first kappa shape index (κ1) is 16.1. The topological polar surface area (TPSA) is 120 Å². The highest BCUT2D eigenvalue weighted by atomic mass is 16.6. The Labute approximate surface area is 115 Å². The lowest BCUT2D eigenvalue weighted by molar-refractivity contribution is -0.385. The summed E-state index contributed by atoms with van der Waals surface area (Å²) in [6, 6.07) is -0.531. The number of carbonyl (C=O) groups excluding carboxylic acids is 1. The van der Waals surface area contributed by atoms with Gasteiger partial charge < -0.3 is 15.2 Å². The molecule has 1 heterocycles. The fourth-order valence-electron chi connectivity index (χ4n) is 1.49. The molecule has 0 aliphatic heterocycles. The molecule has 0 spiro atoms. The van der Waals surface area contributed by atoms with Gasteiger partial charge in [-0.15, -0.1) is 0 Å². The summed E-state index contributed by atoms with van der Waals surface area (Å²) in [5.74, 6) is -0.394. The van der Waals surface area contributed by atoms with Crippen LogP contribution in [0.2, 0.25) is 0 Å². The first-order chi connectivity index (χ1) is 9.43. The summed E-state index contributed by atoms with van der Waals surface area (Å²) < 4.78 is 6.09. The van der Waals surface area contributed by atoms with Gasteiger partial charge in [0.2, 0.25) is 0 Å². The molecular weight excluding hydrogens is 268 g/mol. The van der Waals surface area contributed by atoms with Gasteiger partial charge in [0.25, 0.3) is 0 Å². The highest BCUT2D eigenvalue weighted by Crippen LogP contribution is 2.07. The van der Waals surface area contributed by atoms with Gasteiger partial charge in [0.05, 0.1) is 24.2 Å². The number of rotatable bonds is 8. The molecule has 0 fully saturated rings. The number of esters is 1. The van der Waals surface area contributed by atoms with E-state index in [1.54, 1.807) is 13.8 Å². The van der Waals surface area contributed by atoms with E-state index in [1.807, 2.05) is 0 Å². The summed E-state index contributed by atoms with van der Waals surface area (Å²) in [5.41, 5.74) is -0.134. The normalized spacial score (nSPS) is 13.8. The third-order valence-corrected chi connectivity index (χ3v) is 2.53. The molecule has 0 saturated carbocycles. The lowest BCUT2D eigenvalue weighted by Gasteiger charge is -2.15. The number of aliphatic hydroxyl groups is 1. The van der Waals surface area contributed by atoms with E-state index >= 15 is 0 Å². The Kier molecular flexibility index (Phi) is 6.07. The van der Waals surface area contributed by atoms with Gasteiger partial charge in [-0.05, 0) is 13.8 Å². The maximum absolute atomic E-state index is 11.3. The molecule has 0 aromatic carbocycles. The summed E-state index contributed by atoms with van der Waals surface area (Å²) in [6.45, 7) is 3.88. The molecule has 0 aliphatic carbocycles. The van der Waals surface area contributed by atoms with Crippen LogP contribution in [0.25, 0.3) is 0 Å². The van der Waals surface area contributed by atoms with Crippen molar-refractivity contribution >= 4 is 11.7 Å². The van der Waals surface area contributed by atoms with E-state index < -0.39 is 23.0 Å². The van der Waals surface area contributed by atoms with E-state index in [0.29, 0.717) is 6.61 Å². The summed E-state index contributed by atoms with van der Waals surface area (Å²) in [7, 11) is 0. The molecule has 2 N–H and O–H groups in total. The van der Waals surface area contributed by atoms with Crippen molar-refractivity contribution in [2.24, 2.45) is 0 Å². The van der Waals surface area contributed by atoms with Gasteiger partial charge in [0, 0.05) is 6.54 Å². The number of hydrogen-bond donors (Lipinski definition) is 2. The number of ether oxygens (including phenoxy) is 1. The van der Waals surface area contributed by atoms with Crippen molar-refractivity contribution in [2.45, 2.75) is 32.5 Å². The standard InChI is InChI=1S/C11H18N4O5/c1-3-20-11(17)8(2)12-5-10(16)7-14-6-9(4-13-14)15(18)19/h4,6,8,10,12,16H,3,5,7H2,1-2H3. The maximum atomic E-state index is 11.3. The van der Waals surface area contributed by atoms with E-state index in [1.165, 1.54) is 10.9 Å². The molecule has 0 amide bonds. The Hall–Kier alpha value is -2.00. The second-order valence-electron chi connectivity index (χ2n) is 4.21. The average molecular weight is 286 g/mol. The molecule has 20 heavy (non-hydrogen) atoms. The van der Waals surface area contributed by atoms with Gasteiger partial charge in [0.15, 0.2) is 0 Å². The minimum atomic E-state index is -0.827. The molecule has 0 saturated heterocycles. The smallest absolute Gasteiger partial charge is 0.322 e. The summed E-state index contributed by atoms with van der Waals surface area (Å²) in [6.07, 6.45) is 1.52. The second kappa shape index (κ2) is 7.56. The Morgan fingerprint density at radius 1 is 1.70 bits per heavy atom. The van der Waals surface area contributed by atoms with Crippen LogP contribution >= 0.6 is 0 Å². The quantitative estimate of drug-likeness (QED) is 0.382. The van der Waals surface area contributed by atoms with Crippen LogP contribution in [-0.2, 0) is 16.1 Å². The molecule has 0 aliphatic rings. The van der Waals surface area contributed by atoms with Crippen molar-refractivity contribution in [3.63, 3.8) is 0 Å². The molecule has 9 nitrogen and oxygen atoms in total. The maximum Gasteiger partial charge on any atom is 0.322 e. The second-order valence-corrected chi connectivity index (χ2v) is 4.21. The molecule has 2 atom stereocenters. The predicted octanol–water partition coefficient (Wildman–Crippen LogP) is -0.307. The molecule has 2 unspecified atom stereocenters. The summed E-state index contributed by atoms with van der Waals surface area (Å²) in [4.78, 5) is 21.3. The van der Waals surface area contributed by atoms with Crippen LogP contribution < -0.4 is 5.32 Å². The third-order valence-electron chi connectivity index (χ3n) is 2.53. The van der Waals surface area contributed by atoms with E-state index in [4.69, 9.17) is 4.74 Å². The Bertz CT molecular complexity index is 461. The molecule has 0 bridgehead atoms. The van der Waals surface area contributed by atoms with Gasteiger partial charge >= 0.3 is 11.7 Å². The molecule has 112 valence electrons. The molecule has 0 radical (unpaired) electrons. The van der Waals surface area contributed by atoms with Crippen molar-refractivity contribution in [1.82, 2.24) is 15.1 Å². The lowest BCUT2D eigenvalue weighted by atomic mass is 10.3. The Morgan fingerprint density at radius 3 is 2.95 bits per heavy atom. The molecule has 1 aromatic rings. The fourth-order valence-corrected chi connectivity index (χ4v) is 1.49. The number of nitrogens with zero attached hydrogens (tertiary/aromatic N) is 3. The number of aromatic nitrogens is 2. The van der Waals surface area contributed by atoms with Crippen LogP contribution in [0, 0.1) is 10.1 Å². The fraction of sp³-hybridized carbons (Fsp3) is 0.636. The first-order valence-electron chi connectivity index (χ1n) is 6.19. The van der Waals surface area contributed by atoms with Crippen LogP contribution in [0.3, 0.4) is 0 Å². The third kappa shape index (κ3) is 4.94. The minimum absolute atomic E-state index is 0.0936. The van der Waals surface area contributed by atoms with Gasteiger partial charge in [-0.1, -0.05) is 0 Å². The molecular formula is C11H18N4O5.